The minimum atomic E-state index is -0.238. The summed E-state index contributed by atoms with van der Waals surface area (Å²) in [6.07, 6.45) is 1.63. The van der Waals surface area contributed by atoms with E-state index in [1.165, 1.54) is 22.7 Å². The highest BCUT2D eigenvalue weighted by Gasteiger charge is 2.13. The molecule has 2 aromatic heterocycles. The Morgan fingerprint density at radius 3 is 2.54 bits per heavy atom. The van der Waals surface area contributed by atoms with Gasteiger partial charge in [-0.1, -0.05) is 36.1 Å². The molecule has 3 aromatic rings. The number of allylic oxidation sites excluding steroid dienone is 1. The van der Waals surface area contributed by atoms with Crippen molar-refractivity contribution in [2.45, 2.75) is 0 Å². The molecule has 4 heteroatoms. The van der Waals surface area contributed by atoms with E-state index in [1.54, 1.807) is 18.2 Å². The van der Waals surface area contributed by atoms with Crippen LogP contribution in [-0.2, 0) is 0 Å². The minimum Gasteiger partial charge on any atom is -0.287 e. The third kappa shape index (κ3) is 3.88. The Morgan fingerprint density at radius 2 is 1.83 bits per heavy atom. The maximum Gasteiger partial charge on any atom is 0.213 e. The highest BCUT2D eigenvalue weighted by atomic mass is 32.1. The van der Waals surface area contributed by atoms with Gasteiger partial charge in [-0.05, 0) is 41.8 Å². The second-order valence-corrected chi connectivity index (χ2v) is 6.86. The van der Waals surface area contributed by atoms with Crippen LogP contribution in [0.5, 0.6) is 0 Å². The number of benzene rings is 1. The van der Waals surface area contributed by atoms with Gasteiger partial charge in [0.2, 0.25) is 5.78 Å². The molecule has 0 radical (unpaired) electrons. The highest BCUT2D eigenvalue weighted by molar-refractivity contribution is 7.13. The number of hydrogen-bond acceptors (Lipinski definition) is 4. The van der Waals surface area contributed by atoms with E-state index in [4.69, 9.17) is 0 Å². The summed E-state index contributed by atoms with van der Waals surface area (Å²) >= 11 is 2.80. The summed E-state index contributed by atoms with van der Waals surface area (Å²) in [5, 5.41) is 11.1. The van der Waals surface area contributed by atoms with Crippen molar-refractivity contribution < 1.29 is 4.79 Å². The van der Waals surface area contributed by atoms with Crippen molar-refractivity contribution in [2.24, 2.45) is 0 Å². The third-order valence-corrected chi connectivity index (χ3v) is 4.94. The number of carbonyl (C=O) groups excluding carboxylic acids is 1. The van der Waals surface area contributed by atoms with E-state index in [-0.39, 0.29) is 11.4 Å². The number of ketones is 1. The van der Waals surface area contributed by atoms with Gasteiger partial charge >= 0.3 is 0 Å². The fraction of sp³-hybridized carbons (Fsp3) is 0. The number of thiophene rings is 2. The van der Waals surface area contributed by atoms with Crippen LogP contribution < -0.4 is 0 Å². The van der Waals surface area contributed by atoms with Crippen LogP contribution in [0.3, 0.4) is 0 Å². The molecule has 2 nitrogen and oxygen atoms in total. The molecule has 3 rings (SSSR count). The van der Waals surface area contributed by atoms with Crippen LogP contribution in [0.1, 0.15) is 25.0 Å². The molecule has 114 valence electrons. The van der Waals surface area contributed by atoms with E-state index >= 15 is 0 Å². The number of carbonyl (C=O) groups is 1. The van der Waals surface area contributed by atoms with E-state index in [0.717, 1.165) is 15.3 Å². The lowest BCUT2D eigenvalue weighted by atomic mass is 10.1. The Bertz CT molecular complexity index is 978. The molecule has 0 saturated heterocycles. The molecule has 0 N–H and O–H groups in total. The van der Waals surface area contributed by atoms with Gasteiger partial charge in [-0.25, -0.2) is 0 Å². The summed E-state index contributed by atoms with van der Waals surface area (Å²) in [7, 11) is 0. The Balaban J connectivity index is 1.81. The number of nitrogens with zero attached hydrogens (tertiary/aromatic N) is 1. The van der Waals surface area contributed by atoms with Crippen LogP contribution >= 0.6 is 22.7 Å². The standard InChI is InChI=1S/C20H11NOS2/c21-14-16(20(22)19-7-4-12-23-19)13-18-11-10-17(24-18)9-8-15-5-2-1-3-6-15/h1-7,10-13H. The molecule has 0 atom stereocenters. The maximum atomic E-state index is 12.3. The van der Waals surface area contributed by atoms with Crippen molar-refractivity contribution in [3.05, 3.63) is 85.7 Å². The molecule has 1 aromatic carbocycles. The van der Waals surface area contributed by atoms with Crippen LogP contribution in [0.2, 0.25) is 0 Å². The summed E-state index contributed by atoms with van der Waals surface area (Å²) in [4.78, 5) is 14.6. The van der Waals surface area contributed by atoms with Crippen molar-refractivity contribution in [1.82, 2.24) is 0 Å². The molecule has 0 aliphatic rings. The molecule has 0 bridgehead atoms. The van der Waals surface area contributed by atoms with Crippen LogP contribution in [-0.4, -0.2) is 5.78 Å². The first-order chi connectivity index (χ1) is 11.8. The van der Waals surface area contributed by atoms with E-state index in [1.807, 2.05) is 53.9 Å². The van der Waals surface area contributed by atoms with Gasteiger partial charge in [-0.3, -0.25) is 4.79 Å². The van der Waals surface area contributed by atoms with Crippen LogP contribution in [0.15, 0.2) is 65.6 Å². The molecular formula is C20H11NOS2. The second-order valence-electron chi connectivity index (χ2n) is 4.79. The molecule has 24 heavy (non-hydrogen) atoms. The zero-order valence-electron chi connectivity index (χ0n) is 12.5. The van der Waals surface area contributed by atoms with Crippen molar-refractivity contribution in [2.75, 3.05) is 0 Å². The Kier molecular flexibility index (Phi) is 5.03. The first kappa shape index (κ1) is 16.0. The van der Waals surface area contributed by atoms with Gasteiger partial charge in [-0.15, -0.1) is 22.7 Å². The Morgan fingerprint density at radius 1 is 1.00 bits per heavy atom. The van der Waals surface area contributed by atoms with Crippen LogP contribution in [0, 0.1) is 23.2 Å². The second kappa shape index (κ2) is 7.57. The van der Waals surface area contributed by atoms with Crippen molar-refractivity contribution in [1.29, 1.82) is 5.26 Å². The van der Waals surface area contributed by atoms with Crippen LogP contribution in [0.4, 0.5) is 0 Å². The number of hydrogen-bond donors (Lipinski definition) is 0. The number of rotatable bonds is 3. The largest absolute Gasteiger partial charge is 0.287 e. The average molecular weight is 345 g/mol. The minimum absolute atomic E-state index is 0.141. The Labute approximate surface area is 148 Å². The normalized spacial score (nSPS) is 10.5. The summed E-state index contributed by atoms with van der Waals surface area (Å²) in [6.45, 7) is 0. The van der Waals surface area contributed by atoms with E-state index in [0.29, 0.717) is 4.88 Å². The lowest BCUT2D eigenvalue weighted by Gasteiger charge is -1.94. The third-order valence-electron chi connectivity index (χ3n) is 3.13. The zero-order valence-corrected chi connectivity index (χ0v) is 14.2. The maximum absolute atomic E-state index is 12.3. The number of nitriles is 1. The monoisotopic (exact) mass is 345 g/mol. The van der Waals surface area contributed by atoms with Crippen molar-refractivity contribution in [3.8, 4) is 17.9 Å². The quantitative estimate of drug-likeness (QED) is 0.290. The van der Waals surface area contributed by atoms with Gasteiger partial charge in [0.1, 0.15) is 11.6 Å². The smallest absolute Gasteiger partial charge is 0.213 e. The lowest BCUT2D eigenvalue weighted by molar-refractivity contribution is 0.104. The van der Waals surface area contributed by atoms with Gasteiger partial charge < -0.3 is 0 Å². The summed E-state index contributed by atoms with van der Waals surface area (Å²) in [5.74, 6) is 5.96. The van der Waals surface area contributed by atoms with E-state index in [9.17, 15) is 10.1 Å². The van der Waals surface area contributed by atoms with Crippen molar-refractivity contribution >= 4 is 34.5 Å². The average Bonchev–Trinajstić information content (AvgIpc) is 3.30. The van der Waals surface area contributed by atoms with E-state index in [2.05, 4.69) is 11.8 Å². The van der Waals surface area contributed by atoms with Crippen molar-refractivity contribution in [3.63, 3.8) is 0 Å². The first-order valence-corrected chi connectivity index (χ1v) is 8.83. The molecule has 2 heterocycles. The van der Waals surface area contributed by atoms with Gasteiger partial charge in [0, 0.05) is 10.4 Å². The van der Waals surface area contributed by atoms with Gasteiger partial charge in [-0.2, -0.15) is 5.26 Å². The molecule has 0 amide bonds. The van der Waals surface area contributed by atoms with E-state index < -0.39 is 0 Å². The summed E-state index contributed by atoms with van der Waals surface area (Å²) < 4.78 is 0. The SMILES string of the molecule is N#CC(=Cc1ccc(C#Cc2ccccc2)s1)C(=O)c1cccs1. The molecule has 0 fully saturated rings. The van der Waals surface area contributed by atoms with Crippen LogP contribution in [0.25, 0.3) is 6.08 Å². The van der Waals surface area contributed by atoms with Gasteiger partial charge in [0.25, 0.3) is 0 Å². The molecule has 0 aliphatic heterocycles. The molecule has 0 unspecified atom stereocenters. The number of Topliss-reactive ketones (excluding diaryl/α,β-unsaturated/α-hetero) is 1. The topological polar surface area (TPSA) is 40.9 Å². The zero-order chi connectivity index (χ0) is 16.8. The fourth-order valence-corrected chi connectivity index (χ4v) is 3.47. The van der Waals surface area contributed by atoms with Gasteiger partial charge in [0.15, 0.2) is 0 Å². The summed E-state index contributed by atoms with van der Waals surface area (Å²) in [5.41, 5.74) is 1.09. The fourth-order valence-electron chi connectivity index (χ4n) is 1.98. The predicted molar refractivity (Wildman–Crippen MR) is 99.0 cm³/mol. The first-order valence-electron chi connectivity index (χ1n) is 7.13. The molecule has 0 spiro atoms. The molecular weight excluding hydrogens is 334 g/mol. The molecule has 0 aliphatic carbocycles. The highest BCUT2D eigenvalue weighted by Crippen LogP contribution is 2.21. The Hall–Kier alpha value is -2.92. The summed E-state index contributed by atoms with van der Waals surface area (Å²) in [6, 6.07) is 19.0. The lowest BCUT2D eigenvalue weighted by Crippen LogP contribution is -1.98. The predicted octanol–water partition coefficient (Wildman–Crippen LogP) is 5.00. The van der Waals surface area contributed by atoms with Gasteiger partial charge in [0.05, 0.1) is 9.75 Å². The molecule has 0 saturated carbocycles.